The Morgan fingerprint density at radius 3 is 2.70 bits per heavy atom. The highest BCUT2D eigenvalue weighted by Crippen LogP contribution is 2.20. The van der Waals surface area contributed by atoms with E-state index in [0.717, 1.165) is 30.0 Å². The molecule has 3 rings (SSSR count). The summed E-state index contributed by atoms with van der Waals surface area (Å²) in [6, 6.07) is 14.5. The van der Waals surface area contributed by atoms with Gasteiger partial charge >= 0.3 is 0 Å². The molecule has 0 amide bonds. The molecule has 0 unspecified atom stereocenters. The summed E-state index contributed by atoms with van der Waals surface area (Å²) in [6.07, 6.45) is 0.814. The molecule has 2 N–H and O–H groups in total. The maximum Gasteiger partial charge on any atom is 0.114 e. The largest absolute Gasteiger partial charge is 0.399 e. The number of hydrogen-bond acceptors (Lipinski definition) is 2. The monoisotopic (exact) mass is 265 g/mol. The zero-order valence-corrected chi connectivity index (χ0v) is 11.9. The summed E-state index contributed by atoms with van der Waals surface area (Å²) in [6.45, 7) is 5.15. The van der Waals surface area contributed by atoms with E-state index < -0.39 is 0 Å². The Kier molecular flexibility index (Phi) is 3.18. The van der Waals surface area contributed by atoms with E-state index in [2.05, 4.69) is 42.7 Å². The normalized spacial score (nSPS) is 11.1. The second kappa shape index (κ2) is 5.00. The number of nitrogens with two attached hydrogens (primary N) is 1. The Morgan fingerprint density at radius 2 is 1.95 bits per heavy atom. The van der Waals surface area contributed by atoms with Crippen molar-refractivity contribution < 1.29 is 0 Å². The van der Waals surface area contributed by atoms with Crippen LogP contribution in [0.5, 0.6) is 0 Å². The summed E-state index contributed by atoms with van der Waals surface area (Å²) in [5.41, 5.74) is 11.4. The van der Waals surface area contributed by atoms with Gasteiger partial charge in [0.2, 0.25) is 0 Å². The van der Waals surface area contributed by atoms with Crippen molar-refractivity contribution in [3.63, 3.8) is 0 Å². The van der Waals surface area contributed by atoms with Crippen LogP contribution in [-0.4, -0.2) is 9.55 Å². The molecule has 2 aromatic carbocycles. The van der Waals surface area contributed by atoms with Crippen molar-refractivity contribution >= 4 is 16.7 Å². The molecular formula is C17H19N3. The second-order valence-electron chi connectivity index (χ2n) is 5.19. The fourth-order valence-electron chi connectivity index (χ4n) is 2.79. The molecule has 0 saturated carbocycles. The fourth-order valence-corrected chi connectivity index (χ4v) is 2.79. The summed E-state index contributed by atoms with van der Waals surface area (Å²) in [7, 11) is 0. The number of benzene rings is 2. The topological polar surface area (TPSA) is 43.8 Å². The van der Waals surface area contributed by atoms with Crippen LogP contribution < -0.4 is 5.73 Å². The van der Waals surface area contributed by atoms with Crippen LogP contribution >= 0.6 is 0 Å². The number of anilines is 1. The minimum Gasteiger partial charge on any atom is -0.399 e. The summed E-state index contributed by atoms with van der Waals surface area (Å²) < 4.78 is 2.27. The molecule has 3 aromatic rings. The third-order valence-corrected chi connectivity index (χ3v) is 3.57. The lowest BCUT2D eigenvalue weighted by molar-refractivity contribution is 0.733. The first-order valence-electron chi connectivity index (χ1n) is 6.97. The van der Waals surface area contributed by atoms with Gasteiger partial charge in [-0.05, 0) is 49.2 Å². The maximum atomic E-state index is 5.93. The summed E-state index contributed by atoms with van der Waals surface area (Å²) in [4.78, 5) is 4.76. The lowest BCUT2D eigenvalue weighted by Gasteiger charge is -2.07. The highest BCUT2D eigenvalue weighted by molar-refractivity contribution is 5.76. The van der Waals surface area contributed by atoms with Gasteiger partial charge < -0.3 is 10.3 Å². The molecule has 0 fully saturated rings. The number of aryl methyl sites for hydroxylation is 2. The lowest BCUT2D eigenvalue weighted by atomic mass is 10.1. The molecule has 0 spiro atoms. The molecule has 1 heterocycles. The second-order valence-corrected chi connectivity index (χ2v) is 5.19. The van der Waals surface area contributed by atoms with Gasteiger partial charge in [0.25, 0.3) is 0 Å². The predicted molar refractivity (Wildman–Crippen MR) is 83.8 cm³/mol. The van der Waals surface area contributed by atoms with E-state index in [4.69, 9.17) is 10.7 Å². The van der Waals surface area contributed by atoms with E-state index in [0.29, 0.717) is 0 Å². The lowest BCUT2D eigenvalue weighted by Crippen LogP contribution is -2.03. The van der Waals surface area contributed by atoms with Gasteiger partial charge in [0.15, 0.2) is 0 Å². The molecule has 0 aliphatic carbocycles. The Hall–Kier alpha value is -2.29. The third kappa shape index (κ3) is 2.27. The van der Waals surface area contributed by atoms with Crippen LogP contribution in [0.15, 0.2) is 42.5 Å². The molecule has 0 aliphatic rings. The molecule has 0 radical (unpaired) electrons. The van der Waals surface area contributed by atoms with Crippen molar-refractivity contribution in [2.24, 2.45) is 0 Å². The van der Waals surface area contributed by atoms with Gasteiger partial charge in [0.1, 0.15) is 5.82 Å². The first-order valence-corrected chi connectivity index (χ1v) is 6.97. The van der Waals surface area contributed by atoms with Crippen molar-refractivity contribution in [3.8, 4) is 0 Å². The van der Waals surface area contributed by atoms with Crippen LogP contribution in [0.1, 0.15) is 23.9 Å². The number of fused-ring (bicyclic) bond motifs is 1. The molecular weight excluding hydrogens is 246 g/mol. The van der Waals surface area contributed by atoms with Gasteiger partial charge in [-0.3, -0.25) is 0 Å². The van der Waals surface area contributed by atoms with Crippen molar-refractivity contribution in [3.05, 3.63) is 59.4 Å². The van der Waals surface area contributed by atoms with E-state index in [-0.39, 0.29) is 0 Å². The average molecular weight is 265 g/mol. The number of para-hydroxylation sites is 2. The molecule has 3 nitrogen and oxygen atoms in total. The van der Waals surface area contributed by atoms with E-state index in [1.807, 2.05) is 18.2 Å². The summed E-state index contributed by atoms with van der Waals surface area (Å²) >= 11 is 0. The number of rotatable bonds is 3. The quantitative estimate of drug-likeness (QED) is 0.736. The SMILES string of the molecule is CCn1c(Cc2cc(C)cc(N)c2)nc2ccccc21. The van der Waals surface area contributed by atoms with E-state index in [1.54, 1.807) is 0 Å². The Balaban J connectivity index is 2.05. The minimum absolute atomic E-state index is 0.814. The van der Waals surface area contributed by atoms with E-state index in [1.165, 1.54) is 16.6 Å². The Labute approximate surface area is 119 Å². The zero-order chi connectivity index (χ0) is 14.1. The highest BCUT2D eigenvalue weighted by Gasteiger charge is 2.10. The van der Waals surface area contributed by atoms with Crippen LogP contribution in [0.3, 0.4) is 0 Å². The molecule has 1 aromatic heterocycles. The van der Waals surface area contributed by atoms with Gasteiger partial charge in [-0.1, -0.05) is 18.2 Å². The maximum absolute atomic E-state index is 5.93. The smallest absolute Gasteiger partial charge is 0.114 e. The van der Waals surface area contributed by atoms with Crippen molar-refractivity contribution in [2.45, 2.75) is 26.8 Å². The first kappa shape index (κ1) is 12.7. The molecule has 102 valence electrons. The van der Waals surface area contributed by atoms with Crippen LogP contribution in [-0.2, 0) is 13.0 Å². The predicted octanol–water partition coefficient (Wildman–Crippen LogP) is 3.54. The Morgan fingerprint density at radius 1 is 1.15 bits per heavy atom. The van der Waals surface area contributed by atoms with Crippen LogP contribution in [0.2, 0.25) is 0 Å². The van der Waals surface area contributed by atoms with Crippen LogP contribution in [0.25, 0.3) is 11.0 Å². The summed E-state index contributed by atoms with van der Waals surface area (Å²) in [5, 5.41) is 0. The van der Waals surface area contributed by atoms with Crippen molar-refractivity contribution in [1.82, 2.24) is 9.55 Å². The minimum atomic E-state index is 0.814. The van der Waals surface area contributed by atoms with E-state index >= 15 is 0 Å². The standard InChI is InChI=1S/C17H19N3/c1-3-20-16-7-5-4-6-15(16)19-17(20)11-13-8-12(2)9-14(18)10-13/h4-10H,3,11,18H2,1-2H3. The van der Waals surface area contributed by atoms with E-state index in [9.17, 15) is 0 Å². The van der Waals surface area contributed by atoms with Crippen molar-refractivity contribution in [2.75, 3.05) is 5.73 Å². The number of nitrogens with zero attached hydrogens (tertiary/aromatic N) is 2. The van der Waals surface area contributed by atoms with Gasteiger partial charge in [-0.15, -0.1) is 0 Å². The highest BCUT2D eigenvalue weighted by atomic mass is 15.1. The zero-order valence-electron chi connectivity index (χ0n) is 11.9. The molecule has 0 atom stereocenters. The van der Waals surface area contributed by atoms with Gasteiger partial charge in [-0.25, -0.2) is 4.98 Å². The average Bonchev–Trinajstić information content (AvgIpc) is 2.74. The molecule has 20 heavy (non-hydrogen) atoms. The van der Waals surface area contributed by atoms with Gasteiger partial charge in [0, 0.05) is 18.7 Å². The van der Waals surface area contributed by atoms with Crippen LogP contribution in [0.4, 0.5) is 5.69 Å². The van der Waals surface area contributed by atoms with Crippen molar-refractivity contribution in [1.29, 1.82) is 0 Å². The van der Waals surface area contributed by atoms with Crippen LogP contribution in [0, 0.1) is 6.92 Å². The first-order chi connectivity index (χ1) is 9.67. The third-order valence-electron chi connectivity index (χ3n) is 3.57. The summed E-state index contributed by atoms with van der Waals surface area (Å²) in [5.74, 6) is 1.10. The molecule has 0 aliphatic heterocycles. The number of aromatic nitrogens is 2. The molecule has 0 bridgehead atoms. The van der Waals surface area contributed by atoms with Gasteiger partial charge in [-0.2, -0.15) is 0 Å². The molecule has 3 heteroatoms. The Bertz CT molecular complexity index is 736. The molecule has 0 saturated heterocycles. The number of nitrogen functional groups attached to an aromatic ring is 1. The number of imidazole rings is 1. The van der Waals surface area contributed by atoms with Gasteiger partial charge in [0.05, 0.1) is 11.0 Å². The fraction of sp³-hybridized carbons (Fsp3) is 0.235. The number of hydrogen-bond donors (Lipinski definition) is 1.